The first-order valence-corrected chi connectivity index (χ1v) is 5.19. The fourth-order valence-electron chi connectivity index (χ4n) is 1.49. The Labute approximate surface area is 118 Å². The van der Waals surface area contributed by atoms with Gasteiger partial charge in [0.15, 0.2) is 11.6 Å². The number of aromatic nitrogens is 2. The third-order valence-corrected chi connectivity index (χ3v) is 2.43. The molecule has 0 unspecified atom stereocenters. The lowest BCUT2D eigenvalue weighted by Crippen LogP contribution is -2.05. The van der Waals surface area contributed by atoms with Crippen LogP contribution in [0.15, 0.2) is 24.3 Å². The maximum absolute atomic E-state index is 13.8. The van der Waals surface area contributed by atoms with Gasteiger partial charge in [0.1, 0.15) is 5.69 Å². The molecule has 1 aromatic heterocycles. The van der Waals surface area contributed by atoms with Crippen molar-refractivity contribution >= 4 is 35.8 Å². The summed E-state index contributed by atoms with van der Waals surface area (Å²) < 4.78 is 13.8. The van der Waals surface area contributed by atoms with E-state index >= 15 is 0 Å². The Hall–Kier alpha value is -1.92. The van der Waals surface area contributed by atoms with E-state index in [-0.39, 0.29) is 34.5 Å². The van der Waals surface area contributed by atoms with Crippen LogP contribution < -0.4 is 5.73 Å². The zero-order chi connectivity index (χ0) is 13.3. The molecule has 0 amide bonds. The highest BCUT2D eigenvalue weighted by Crippen LogP contribution is 2.27. The second kappa shape index (κ2) is 5.81. The van der Waals surface area contributed by atoms with Crippen molar-refractivity contribution in [3.8, 4) is 11.3 Å². The third kappa shape index (κ3) is 2.91. The van der Waals surface area contributed by atoms with Crippen LogP contribution >= 0.6 is 24.0 Å². The van der Waals surface area contributed by atoms with Crippen LogP contribution in [0, 0.1) is 5.82 Å². The molecule has 0 spiro atoms. The minimum Gasteiger partial charge on any atom is -0.478 e. The van der Waals surface area contributed by atoms with Crippen LogP contribution in [0.5, 0.6) is 0 Å². The molecule has 100 valence electrons. The van der Waals surface area contributed by atoms with Crippen LogP contribution in [-0.4, -0.2) is 21.0 Å². The molecule has 0 aliphatic rings. The van der Waals surface area contributed by atoms with Crippen LogP contribution in [0.4, 0.5) is 10.2 Å². The number of benzene rings is 1. The molecule has 0 aliphatic heterocycles. The van der Waals surface area contributed by atoms with Gasteiger partial charge in [-0.15, -0.1) is 12.4 Å². The summed E-state index contributed by atoms with van der Waals surface area (Å²) in [5, 5.41) is 8.78. The van der Waals surface area contributed by atoms with Gasteiger partial charge in [0, 0.05) is 5.56 Å². The Morgan fingerprint density at radius 3 is 2.58 bits per heavy atom. The van der Waals surface area contributed by atoms with Crippen molar-refractivity contribution in [2.24, 2.45) is 0 Å². The van der Waals surface area contributed by atoms with Crippen molar-refractivity contribution in [1.29, 1.82) is 0 Å². The maximum Gasteiger partial charge on any atom is 0.336 e. The smallest absolute Gasteiger partial charge is 0.336 e. The van der Waals surface area contributed by atoms with Crippen molar-refractivity contribution in [3.05, 3.63) is 40.9 Å². The lowest BCUT2D eigenvalue weighted by Gasteiger charge is -2.07. The van der Waals surface area contributed by atoms with Gasteiger partial charge >= 0.3 is 5.97 Å². The van der Waals surface area contributed by atoms with Gasteiger partial charge in [0.05, 0.1) is 5.56 Å². The summed E-state index contributed by atoms with van der Waals surface area (Å²) >= 11 is 5.59. The summed E-state index contributed by atoms with van der Waals surface area (Å²) in [5.41, 5.74) is 5.10. The second-order valence-corrected chi connectivity index (χ2v) is 3.73. The first-order chi connectivity index (χ1) is 8.50. The number of carboxylic acids is 1. The van der Waals surface area contributed by atoms with Crippen molar-refractivity contribution in [1.82, 2.24) is 9.97 Å². The van der Waals surface area contributed by atoms with Crippen LogP contribution in [0.3, 0.4) is 0 Å². The van der Waals surface area contributed by atoms with Crippen LogP contribution in [0.1, 0.15) is 10.4 Å². The van der Waals surface area contributed by atoms with Crippen LogP contribution in [-0.2, 0) is 0 Å². The van der Waals surface area contributed by atoms with E-state index < -0.39 is 17.6 Å². The van der Waals surface area contributed by atoms with Gasteiger partial charge in [-0.3, -0.25) is 0 Å². The van der Waals surface area contributed by atoms with Gasteiger partial charge in [0.2, 0.25) is 5.28 Å². The Kier molecular flexibility index (Phi) is 4.63. The summed E-state index contributed by atoms with van der Waals surface area (Å²) in [5.74, 6) is -2.52. The van der Waals surface area contributed by atoms with Crippen molar-refractivity contribution in [2.75, 3.05) is 5.73 Å². The zero-order valence-electron chi connectivity index (χ0n) is 9.30. The molecule has 1 aromatic carbocycles. The van der Waals surface area contributed by atoms with Gasteiger partial charge in [-0.25, -0.2) is 14.2 Å². The van der Waals surface area contributed by atoms with E-state index in [2.05, 4.69) is 9.97 Å². The number of anilines is 1. The monoisotopic (exact) mass is 303 g/mol. The van der Waals surface area contributed by atoms with Crippen molar-refractivity contribution < 1.29 is 14.3 Å². The Bertz CT molecular complexity index is 637. The lowest BCUT2D eigenvalue weighted by atomic mass is 10.0. The SMILES string of the molecule is Cl.Nc1nc(Cl)nc(-c2ccccc2C(=O)O)c1F. The molecular formula is C11H8Cl2FN3O2. The maximum atomic E-state index is 13.8. The van der Waals surface area contributed by atoms with E-state index in [1.165, 1.54) is 18.2 Å². The summed E-state index contributed by atoms with van der Waals surface area (Å²) in [6.45, 7) is 0. The molecule has 2 rings (SSSR count). The average molecular weight is 304 g/mol. The number of carbonyl (C=O) groups is 1. The number of hydrogen-bond donors (Lipinski definition) is 2. The third-order valence-electron chi connectivity index (χ3n) is 2.26. The molecule has 0 aliphatic carbocycles. The van der Waals surface area contributed by atoms with Crippen LogP contribution in [0.25, 0.3) is 11.3 Å². The predicted molar refractivity (Wildman–Crippen MR) is 71.1 cm³/mol. The zero-order valence-corrected chi connectivity index (χ0v) is 10.9. The minimum absolute atomic E-state index is 0. The van der Waals surface area contributed by atoms with Crippen molar-refractivity contribution in [2.45, 2.75) is 0 Å². The highest BCUT2D eigenvalue weighted by Gasteiger charge is 2.18. The van der Waals surface area contributed by atoms with Gasteiger partial charge in [0.25, 0.3) is 0 Å². The Morgan fingerprint density at radius 1 is 1.32 bits per heavy atom. The van der Waals surface area contributed by atoms with E-state index in [0.717, 1.165) is 0 Å². The van der Waals surface area contributed by atoms with Gasteiger partial charge < -0.3 is 10.8 Å². The molecule has 5 nitrogen and oxygen atoms in total. The predicted octanol–water partition coefficient (Wildman–Crippen LogP) is 2.64. The molecule has 0 bridgehead atoms. The Balaban J connectivity index is 0.00000180. The topological polar surface area (TPSA) is 89.1 Å². The molecule has 1 heterocycles. The quantitative estimate of drug-likeness (QED) is 0.833. The number of hydrogen-bond acceptors (Lipinski definition) is 4. The number of nitrogens with zero attached hydrogens (tertiary/aromatic N) is 2. The number of nitrogens with two attached hydrogens (primary N) is 1. The molecule has 0 atom stereocenters. The standard InChI is InChI=1S/C11H7ClFN3O2.ClH/c12-11-15-8(7(13)9(14)16-11)5-3-1-2-4-6(5)10(17)18;/h1-4H,(H,17,18)(H2,14,15,16);1H. The summed E-state index contributed by atoms with van der Waals surface area (Å²) in [7, 11) is 0. The molecule has 3 N–H and O–H groups in total. The molecule has 19 heavy (non-hydrogen) atoms. The summed E-state index contributed by atoms with van der Waals surface area (Å²) in [6, 6.07) is 5.85. The molecule has 0 saturated heterocycles. The van der Waals surface area contributed by atoms with E-state index in [9.17, 15) is 9.18 Å². The fourth-order valence-corrected chi connectivity index (χ4v) is 1.67. The van der Waals surface area contributed by atoms with E-state index in [4.69, 9.17) is 22.4 Å². The first-order valence-electron chi connectivity index (χ1n) is 4.82. The molecule has 0 fully saturated rings. The van der Waals surface area contributed by atoms with E-state index in [1.807, 2.05) is 0 Å². The van der Waals surface area contributed by atoms with Gasteiger partial charge in [-0.1, -0.05) is 18.2 Å². The largest absolute Gasteiger partial charge is 0.478 e. The average Bonchev–Trinajstić information content (AvgIpc) is 2.33. The molecule has 2 aromatic rings. The highest BCUT2D eigenvalue weighted by molar-refractivity contribution is 6.28. The first kappa shape index (κ1) is 15.1. The summed E-state index contributed by atoms with van der Waals surface area (Å²) in [6.07, 6.45) is 0. The number of aromatic carboxylic acids is 1. The lowest BCUT2D eigenvalue weighted by molar-refractivity contribution is 0.0697. The summed E-state index contributed by atoms with van der Waals surface area (Å²) in [4.78, 5) is 18.2. The van der Waals surface area contributed by atoms with Crippen LogP contribution in [0.2, 0.25) is 5.28 Å². The number of halogens is 3. The highest BCUT2D eigenvalue weighted by atomic mass is 35.5. The van der Waals surface area contributed by atoms with Crippen molar-refractivity contribution in [3.63, 3.8) is 0 Å². The molecule has 0 radical (unpaired) electrons. The number of nitrogen functional groups attached to an aromatic ring is 1. The molecule has 8 heteroatoms. The number of rotatable bonds is 2. The molecular weight excluding hydrogens is 296 g/mol. The molecule has 0 saturated carbocycles. The van der Waals surface area contributed by atoms with Gasteiger partial charge in [-0.2, -0.15) is 4.98 Å². The Morgan fingerprint density at radius 2 is 1.95 bits per heavy atom. The normalized spacial score (nSPS) is 9.79. The fraction of sp³-hybridized carbons (Fsp3) is 0. The van der Waals surface area contributed by atoms with E-state index in [0.29, 0.717) is 0 Å². The van der Waals surface area contributed by atoms with Gasteiger partial charge in [-0.05, 0) is 17.7 Å². The minimum atomic E-state index is -1.20. The van der Waals surface area contributed by atoms with E-state index in [1.54, 1.807) is 6.07 Å². The number of carboxylic acid groups (broad SMARTS) is 1. The second-order valence-electron chi connectivity index (χ2n) is 3.39.